The Morgan fingerprint density at radius 1 is 1.13 bits per heavy atom. The average molecular weight is 453 g/mol. The van der Waals surface area contributed by atoms with Crippen LogP contribution in [0.25, 0.3) is 0 Å². The lowest BCUT2D eigenvalue weighted by atomic mass is 9.93. The fourth-order valence-corrected chi connectivity index (χ4v) is 4.62. The van der Waals surface area contributed by atoms with Crippen LogP contribution in [0, 0.1) is 0 Å². The molecule has 0 spiro atoms. The van der Waals surface area contributed by atoms with Crippen molar-refractivity contribution < 1.29 is 9.53 Å². The van der Waals surface area contributed by atoms with Gasteiger partial charge < -0.3 is 15.8 Å². The first-order valence-corrected chi connectivity index (χ1v) is 11.2. The molecule has 1 aliphatic heterocycles. The summed E-state index contributed by atoms with van der Waals surface area (Å²) in [6, 6.07) is 15.3. The predicted molar refractivity (Wildman–Crippen MR) is 125 cm³/mol. The maximum atomic E-state index is 12.8. The van der Waals surface area contributed by atoms with Crippen LogP contribution >= 0.6 is 23.1 Å². The Bertz CT molecular complexity index is 1160. The van der Waals surface area contributed by atoms with Crippen molar-refractivity contribution in [2.75, 3.05) is 18.6 Å². The van der Waals surface area contributed by atoms with Gasteiger partial charge in [-0.2, -0.15) is 0 Å². The minimum atomic E-state index is -0.301. The Labute approximate surface area is 187 Å². The number of carbonyl (C=O) groups excluding carboxylic acids is 1. The number of nitrogens with zero attached hydrogens (tertiary/aromatic N) is 4. The fourth-order valence-electron chi connectivity index (χ4n) is 3.18. The summed E-state index contributed by atoms with van der Waals surface area (Å²) in [5.41, 5.74) is 8.87. The lowest BCUT2D eigenvalue weighted by Gasteiger charge is -2.19. The maximum Gasteiger partial charge on any atom is 0.235 e. The summed E-state index contributed by atoms with van der Waals surface area (Å²) in [5, 5.41) is 11.1. The molecule has 0 aliphatic carbocycles. The first kappa shape index (κ1) is 21.0. The molecule has 0 saturated carbocycles. The normalized spacial score (nSPS) is 15.4. The molecule has 3 N–H and O–H groups in total. The first-order valence-electron chi connectivity index (χ1n) is 9.42. The number of amidine groups is 1. The summed E-state index contributed by atoms with van der Waals surface area (Å²) >= 11 is 2.53. The zero-order valence-electron chi connectivity index (χ0n) is 16.9. The highest BCUT2D eigenvalue weighted by Crippen LogP contribution is 2.34. The Morgan fingerprint density at radius 3 is 2.48 bits per heavy atom. The Kier molecular flexibility index (Phi) is 6.28. The van der Waals surface area contributed by atoms with E-state index in [1.165, 1.54) is 23.1 Å². The van der Waals surface area contributed by atoms with Gasteiger partial charge in [-0.25, -0.2) is 4.99 Å². The van der Waals surface area contributed by atoms with Gasteiger partial charge in [-0.15, -0.1) is 10.2 Å². The summed E-state index contributed by atoms with van der Waals surface area (Å²) in [5.74, 6) is 0.956. The third kappa shape index (κ3) is 4.92. The van der Waals surface area contributed by atoms with E-state index in [9.17, 15) is 4.79 Å². The number of hydrogen-bond donors (Lipinski definition) is 2. The number of rotatable bonds is 5. The van der Waals surface area contributed by atoms with E-state index in [-0.39, 0.29) is 17.6 Å². The molecule has 1 amide bonds. The smallest absolute Gasteiger partial charge is 0.235 e. The van der Waals surface area contributed by atoms with Gasteiger partial charge in [0.1, 0.15) is 11.6 Å². The van der Waals surface area contributed by atoms with Gasteiger partial charge in [-0.3, -0.25) is 9.79 Å². The van der Waals surface area contributed by atoms with Crippen molar-refractivity contribution in [2.45, 2.75) is 17.2 Å². The summed E-state index contributed by atoms with van der Waals surface area (Å²) < 4.78 is 5.92. The molecule has 10 heteroatoms. The van der Waals surface area contributed by atoms with Gasteiger partial charge in [-0.1, -0.05) is 47.4 Å². The van der Waals surface area contributed by atoms with Crippen LogP contribution in [0.2, 0.25) is 0 Å². The van der Waals surface area contributed by atoms with Crippen molar-refractivity contribution >= 4 is 57.1 Å². The van der Waals surface area contributed by atoms with Gasteiger partial charge >= 0.3 is 0 Å². The molecule has 158 valence electrons. The largest absolute Gasteiger partial charge is 0.497 e. The number of hydrogen-bond acceptors (Lipinski definition) is 9. The maximum absolute atomic E-state index is 12.8. The molecule has 1 atom stereocenters. The van der Waals surface area contributed by atoms with E-state index in [4.69, 9.17) is 20.5 Å². The second-order valence-electron chi connectivity index (χ2n) is 6.69. The molecule has 0 unspecified atom stereocenters. The quantitative estimate of drug-likeness (QED) is 0.566. The summed E-state index contributed by atoms with van der Waals surface area (Å²) in [4.78, 5) is 22.3. The molecule has 0 radical (unpaired) electrons. The van der Waals surface area contributed by atoms with Crippen LogP contribution in [0.4, 0.5) is 16.5 Å². The highest BCUT2D eigenvalue weighted by molar-refractivity contribution is 8.01. The van der Waals surface area contributed by atoms with Crippen LogP contribution in [0.3, 0.4) is 0 Å². The third-order valence-electron chi connectivity index (χ3n) is 4.58. The molecule has 2 aromatic carbocycles. The van der Waals surface area contributed by atoms with E-state index in [0.29, 0.717) is 21.0 Å². The van der Waals surface area contributed by atoms with E-state index in [1.807, 2.05) is 55.5 Å². The lowest BCUT2D eigenvalue weighted by Crippen LogP contribution is -2.38. The number of ether oxygens (including phenoxy) is 1. The van der Waals surface area contributed by atoms with E-state index >= 15 is 0 Å². The molecule has 31 heavy (non-hydrogen) atoms. The molecule has 1 aliphatic rings. The molecular weight excluding hydrogens is 432 g/mol. The van der Waals surface area contributed by atoms with Gasteiger partial charge in [0, 0.05) is 5.71 Å². The van der Waals surface area contributed by atoms with E-state index in [2.05, 4.69) is 15.5 Å². The number of nitrogens with two attached hydrogens (primary N) is 1. The zero-order valence-corrected chi connectivity index (χ0v) is 18.5. The van der Waals surface area contributed by atoms with E-state index in [0.717, 1.165) is 22.7 Å². The molecule has 4 rings (SSSR count). The number of aromatic nitrogens is 2. The highest BCUT2D eigenvalue weighted by Gasteiger charge is 2.26. The zero-order chi connectivity index (χ0) is 21.8. The van der Waals surface area contributed by atoms with Crippen molar-refractivity contribution in [3.05, 3.63) is 54.1 Å². The number of para-hydroxylation sites is 2. The summed E-state index contributed by atoms with van der Waals surface area (Å²) in [6.07, 6.45) is 0. The molecule has 0 bridgehead atoms. The van der Waals surface area contributed by atoms with Crippen molar-refractivity contribution in [3.8, 4) is 5.75 Å². The van der Waals surface area contributed by atoms with E-state index < -0.39 is 0 Å². The Morgan fingerprint density at radius 2 is 1.84 bits per heavy atom. The number of fused-ring (bicyclic) bond motifs is 1. The van der Waals surface area contributed by atoms with Gasteiger partial charge in [0.25, 0.3) is 0 Å². The Balaban J connectivity index is 1.63. The minimum Gasteiger partial charge on any atom is -0.497 e. The topological polar surface area (TPSA) is 115 Å². The average Bonchev–Trinajstić information content (AvgIpc) is 3.13. The number of methoxy groups -OCH3 is 1. The molecular formula is C21H20N6O2S2. The van der Waals surface area contributed by atoms with Crippen LogP contribution in [-0.2, 0) is 4.79 Å². The number of aliphatic imine (C=N–C) groups is 2. The van der Waals surface area contributed by atoms with Crippen molar-refractivity contribution in [1.29, 1.82) is 0 Å². The standard InChI is InChI=1S/C21H20N6O2S2/c1-12-18(13-7-9-14(29-2)10-8-13)19(24-16-6-4-3-5-15(16)23-12)25-17(28)11-30-21-27-26-20(22)31-21/h3-10,18H,11H2,1-2H3,(H2,22,26)(H,24,25,28)/t18-/m1/s1. The summed E-state index contributed by atoms with van der Waals surface area (Å²) in [6.45, 7) is 1.94. The fraction of sp³-hybridized carbons (Fsp3) is 0.190. The lowest BCUT2D eigenvalue weighted by molar-refractivity contribution is -0.117. The number of carbonyl (C=O) groups is 1. The van der Waals surface area contributed by atoms with Gasteiger partial charge in [0.2, 0.25) is 11.0 Å². The van der Waals surface area contributed by atoms with Crippen LogP contribution in [0.15, 0.2) is 62.9 Å². The molecule has 8 nitrogen and oxygen atoms in total. The molecule has 2 heterocycles. The second kappa shape index (κ2) is 9.27. The van der Waals surface area contributed by atoms with Crippen molar-refractivity contribution in [3.63, 3.8) is 0 Å². The summed E-state index contributed by atoms with van der Waals surface area (Å²) in [7, 11) is 1.63. The van der Waals surface area contributed by atoms with Crippen LogP contribution in [-0.4, -0.2) is 40.5 Å². The monoisotopic (exact) mass is 452 g/mol. The second-order valence-corrected chi connectivity index (χ2v) is 8.92. The van der Waals surface area contributed by atoms with E-state index in [1.54, 1.807) is 7.11 Å². The number of benzene rings is 2. The van der Waals surface area contributed by atoms with Gasteiger partial charge in [0.15, 0.2) is 4.34 Å². The van der Waals surface area contributed by atoms with Gasteiger partial charge in [0.05, 0.1) is 30.2 Å². The number of nitrogen functional groups attached to an aromatic ring is 1. The van der Waals surface area contributed by atoms with Gasteiger partial charge in [-0.05, 0) is 36.8 Å². The van der Waals surface area contributed by atoms with Crippen LogP contribution in [0.5, 0.6) is 5.75 Å². The van der Waals surface area contributed by atoms with Crippen molar-refractivity contribution in [1.82, 2.24) is 15.5 Å². The molecule has 0 fully saturated rings. The number of anilines is 1. The number of nitrogens with one attached hydrogen (secondary N) is 1. The molecule has 0 saturated heterocycles. The first-order chi connectivity index (χ1) is 15.0. The van der Waals surface area contributed by atoms with Crippen molar-refractivity contribution in [2.24, 2.45) is 9.98 Å². The third-order valence-corrected chi connectivity index (χ3v) is 6.46. The number of thioether (sulfide) groups is 1. The number of amides is 1. The highest BCUT2D eigenvalue weighted by atomic mass is 32.2. The van der Waals surface area contributed by atoms with Crippen LogP contribution < -0.4 is 15.8 Å². The Hall–Kier alpha value is -3.24. The van der Waals surface area contributed by atoms with Crippen LogP contribution in [0.1, 0.15) is 18.4 Å². The molecule has 3 aromatic rings. The SMILES string of the molecule is COc1ccc([C@H]2C(C)=Nc3ccccc3N=C2NC(=O)CSc2nnc(N)s2)cc1. The predicted octanol–water partition coefficient (Wildman–Crippen LogP) is 3.96. The minimum absolute atomic E-state index is 0.167. The molecule has 1 aromatic heterocycles.